The predicted octanol–water partition coefficient (Wildman–Crippen LogP) is 0.201. The van der Waals surface area contributed by atoms with E-state index in [2.05, 4.69) is 5.28 Å². The Morgan fingerprint density at radius 2 is 2.40 bits per heavy atom. The number of carbonyl (C=O) groups is 1. The van der Waals surface area contributed by atoms with Crippen LogP contribution in [-0.2, 0) is 4.79 Å². The summed E-state index contributed by atoms with van der Waals surface area (Å²) < 4.78 is 0. The maximum atomic E-state index is 10.3. The molecule has 0 aromatic heterocycles. The van der Waals surface area contributed by atoms with E-state index in [9.17, 15) is 10.0 Å². The molecule has 2 N–H and O–H groups in total. The van der Waals surface area contributed by atoms with Crippen LogP contribution in [0.15, 0.2) is 5.28 Å². The number of hydrogen-bond donors (Lipinski definition) is 2. The fourth-order valence-electron chi connectivity index (χ4n) is 0.488. The molecule has 0 amide bonds. The van der Waals surface area contributed by atoms with E-state index in [1.165, 1.54) is 6.92 Å². The average molecular weight is 148 g/mol. The van der Waals surface area contributed by atoms with Crippen molar-refractivity contribution in [3.63, 3.8) is 0 Å². The lowest BCUT2D eigenvalue weighted by atomic mass is 10.2. The molecule has 0 saturated carbocycles. The van der Waals surface area contributed by atoms with E-state index in [0.29, 0.717) is 0 Å². The number of hydroxylamine groups is 1. The second kappa shape index (κ2) is 3.65. The molecule has 0 aromatic rings. The van der Waals surface area contributed by atoms with Crippen LogP contribution in [0.1, 0.15) is 13.3 Å². The van der Waals surface area contributed by atoms with Gasteiger partial charge in [0.15, 0.2) is 5.28 Å². The Morgan fingerprint density at radius 1 is 1.90 bits per heavy atom. The van der Waals surface area contributed by atoms with Crippen molar-refractivity contribution >= 4 is 5.97 Å². The summed E-state index contributed by atoms with van der Waals surface area (Å²) in [4.78, 5) is 9.87. The third kappa shape index (κ3) is 1.88. The monoisotopic (exact) mass is 148 g/mol. The van der Waals surface area contributed by atoms with Gasteiger partial charge in [-0.05, 0) is 4.86 Å². The topological polar surface area (TPSA) is 96.0 Å². The van der Waals surface area contributed by atoms with Crippen molar-refractivity contribution in [2.45, 2.75) is 19.4 Å². The van der Waals surface area contributed by atoms with Gasteiger partial charge in [0.25, 0.3) is 6.04 Å². The zero-order valence-corrected chi connectivity index (χ0v) is 5.39. The van der Waals surface area contributed by atoms with Gasteiger partial charge >= 0.3 is 5.97 Å². The maximum absolute atomic E-state index is 10.3. The number of hydrogen-bond acceptors (Lipinski definition) is 3. The van der Waals surface area contributed by atoms with Crippen molar-refractivity contribution in [2.24, 2.45) is 5.28 Å². The van der Waals surface area contributed by atoms with Gasteiger partial charge in [-0.3, -0.25) is 0 Å². The van der Waals surface area contributed by atoms with Crippen molar-refractivity contribution in [3.8, 4) is 0 Å². The highest BCUT2D eigenvalue weighted by molar-refractivity contribution is 5.71. The molecule has 6 nitrogen and oxygen atoms in total. The van der Waals surface area contributed by atoms with Crippen LogP contribution in [0.25, 0.3) is 0 Å². The smallest absolute Gasteiger partial charge is 0.377 e. The second-order valence-electron chi connectivity index (χ2n) is 1.65. The minimum Gasteiger partial charge on any atom is -0.597 e. The van der Waals surface area contributed by atoms with Crippen molar-refractivity contribution in [1.29, 1.82) is 0 Å². The van der Waals surface area contributed by atoms with Gasteiger partial charge in [-0.25, -0.2) is 4.79 Å². The van der Waals surface area contributed by atoms with E-state index >= 15 is 0 Å². The Bertz CT molecular complexity index is 155. The summed E-state index contributed by atoms with van der Waals surface area (Å²) in [6.07, 6.45) is 0.100. The Balaban J connectivity index is 4.21. The molecule has 6 heteroatoms. The van der Waals surface area contributed by atoms with Crippen molar-refractivity contribution in [1.82, 2.24) is 0 Å². The highest BCUT2D eigenvalue weighted by atomic mass is 16.6. The van der Waals surface area contributed by atoms with Crippen LogP contribution < -0.4 is 0 Å². The van der Waals surface area contributed by atoms with Crippen LogP contribution in [0.5, 0.6) is 0 Å². The van der Waals surface area contributed by atoms with E-state index < -0.39 is 12.0 Å². The van der Waals surface area contributed by atoms with Crippen molar-refractivity contribution in [3.05, 3.63) is 5.21 Å². The molecule has 0 fully saturated rings. The number of aliphatic carboxylic acids is 1. The molecule has 1 unspecified atom stereocenters. The first-order valence-corrected chi connectivity index (χ1v) is 2.67. The molecule has 58 valence electrons. The fourth-order valence-corrected chi connectivity index (χ4v) is 0.488. The quantitative estimate of drug-likeness (QED) is 0.339. The van der Waals surface area contributed by atoms with Crippen molar-refractivity contribution < 1.29 is 20.0 Å². The standard InChI is InChI=1S/C4H8N2O4/c1-2-3(4(7)8)6(10)5-9/h3,9H,2H2,1H3,(H,7,8)/b6-5-. The molecule has 0 heterocycles. The Morgan fingerprint density at radius 3 is 2.50 bits per heavy atom. The lowest BCUT2D eigenvalue weighted by Crippen LogP contribution is -2.28. The minimum atomic E-state index is -1.30. The molecule has 1 atom stereocenters. The molecule has 0 spiro atoms. The molecule has 0 aromatic carbocycles. The zero-order valence-electron chi connectivity index (χ0n) is 5.39. The van der Waals surface area contributed by atoms with E-state index in [1.807, 2.05) is 0 Å². The van der Waals surface area contributed by atoms with Gasteiger partial charge in [-0.1, -0.05) is 6.92 Å². The summed E-state index contributed by atoms with van der Waals surface area (Å²) in [5.41, 5.74) is 0. The first kappa shape index (κ1) is 8.67. The molecule has 0 aliphatic rings. The molecule has 0 aliphatic carbocycles. The van der Waals surface area contributed by atoms with E-state index in [-0.39, 0.29) is 11.3 Å². The maximum Gasteiger partial charge on any atom is 0.377 e. The molecular weight excluding hydrogens is 140 g/mol. The van der Waals surface area contributed by atoms with Crippen LogP contribution in [0.2, 0.25) is 0 Å². The summed E-state index contributed by atoms with van der Waals surface area (Å²) in [5.74, 6) is -1.30. The Kier molecular flexibility index (Phi) is 3.16. The zero-order chi connectivity index (χ0) is 8.15. The van der Waals surface area contributed by atoms with Crippen LogP contribution in [0.3, 0.4) is 0 Å². The third-order valence-corrected chi connectivity index (χ3v) is 1.03. The van der Waals surface area contributed by atoms with Crippen molar-refractivity contribution in [2.75, 3.05) is 0 Å². The molecule has 0 saturated heterocycles. The van der Waals surface area contributed by atoms with E-state index in [0.717, 1.165) is 0 Å². The van der Waals surface area contributed by atoms with Crippen LogP contribution >= 0.6 is 0 Å². The highest BCUT2D eigenvalue weighted by Crippen LogP contribution is 1.96. The number of carboxylic acid groups (broad SMARTS) is 1. The second-order valence-corrected chi connectivity index (χ2v) is 1.65. The summed E-state index contributed by atoms with van der Waals surface area (Å²) in [6, 6.07) is -1.29. The number of nitrogens with zero attached hydrogens (tertiary/aromatic N) is 2. The summed E-state index contributed by atoms with van der Waals surface area (Å²) in [7, 11) is 0. The molecule has 0 radical (unpaired) electrons. The van der Waals surface area contributed by atoms with Gasteiger partial charge in [0, 0.05) is 6.42 Å². The largest absolute Gasteiger partial charge is 0.597 e. The van der Waals surface area contributed by atoms with Crippen LogP contribution in [0, 0.1) is 5.21 Å². The predicted molar refractivity (Wildman–Crippen MR) is 29.6 cm³/mol. The van der Waals surface area contributed by atoms with E-state index in [1.54, 1.807) is 0 Å². The highest BCUT2D eigenvalue weighted by Gasteiger charge is 2.24. The minimum absolute atomic E-state index is 0.100. The molecule has 0 bridgehead atoms. The fraction of sp³-hybridized carbons (Fsp3) is 0.750. The van der Waals surface area contributed by atoms with Gasteiger partial charge in [0.05, 0.1) is 0 Å². The lowest BCUT2D eigenvalue weighted by Gasteiger charge is -2.03. The number of rotatable bonds is 3. The normalized spacial score (nSPS) is 14.7. The SMILES string of the molecule is CCC(C(=O)O)/[N+]([O-])=N/O. The third-order valence-electron chi connectivity index (χ3n) is 1.03. The molecular formula is C4H8N2O4. The Hall–Kier alpha value is -1.33. The molecule has 0 aliphatic heterocycles. The molecule has 10 heavy (non-hydrogen) atoms. The summed E-state index contributed by atoms with van der Waals surface area (Å²) in [6.45, 7) is 1.51. The van der Waals surface area contributed by atoms with Gasteiger partial charge < -0.3 is 15.5 Å². The van der Waals surface area contributed by atoms with E-state index in [4.69, 9.17) is 10.3 Å². The van der Waals surface area contributed by atoms with Crippen LogP contribution in [-0.4, -0.2) is 27.2 Å². The van der Waals surface area contributed by atoms with Gasteiger partial charge in [-0.15, -0.1) is 0 Å². The lowest BCUT2D eigenvalue weighted by molar-refractivity contribution is -0.580. The van der Waals surface area contributed by atoms with Gasteiger partial charge in [0.1, 0.15) is 0 Å². The average Bonchev–Trinajstić information content (AvgIpc) is 1.88. The number of carboxylic acids is 1. The van der Waals surface area contributed by atoms with Gasteiger partial charge in [-0.2, -0.15) is 0 Å². The first-order valence-electron chi connectivity index (χ1n) is 2.67. The molecule has 0 rings (SSSR count). The van der Waals surface area contributed by atoms with Gasteiger partial charge in [0.2, 0.25) is 0 Å². The first-order chi connectivity index (χ1) is 4.63. The summed E-state index contributed by atoms with van der Waals surface area (Å²) >= 11 is 0. The summed E-state index contributed by atoms with van der Waals surface area (Å²) in [5, 5.41) is 28.6. The Labute approximate surface area is 56.9 Å². The van der Waals surface area contributed by atoms with Crippen LogP contribution in [0.4, 0.5) is 0 Å².